The molecule has 0 aliphatic carbocycles. The number of esters is 1. The average Bonchev–Trinajstić information content (AvgIpc) is 2.55. The summed E-state index contributed by atoms with van der Waals surface area (Å²) in [6.07, 6.45) is 1.87. The number of halogens is 2. The van der Waals surface area contributed by atoms with Crippen LogP contribution in [0.5, 0.6) is 0 Å². The van der Waals surface area contributed by atoms with Gasteiger partial charge in [0.15, 0.2) is 6.10 Å². The van der Waals surface area contributed by atoms with Crippen molar-refractivity contribution in [3.8, 4) is 0 Å². The molecule has 2 rings (SSSR count). The van der Waals surface area contributed by atoms with Crippen LogP contribution in [-0.2, 0) is 14.3 Å². The van der Waals surface area contributed by atoms with Gasteiger partial charge in [0.25, 0.3) is 5.91 Å². The smallest absolute Gasteiger partial charge is 0.331 e. The molecule has 4 nitrogen and oxygen atoms in total. The van der Waals surface area contributed by atoms with E-state index in [1.54, 1.807) is 6.08 Å². The molecule has 0 aromatic heterocycles. The van der Waals surface area contributed by atoms with Gasteiger partial charge in [-0.05, 0) is 55.0 Å². The molecule has 24 heavy (non-hydrogen) atoms. The largest absolute Gasteiger partial charge is 0.449 e. The predicted molar refractivity (Wildman–Crippen MR) is 93.8 cm³/mol. The van der Waals surface area contributed by atoms with Crippen molar-refractivity contribution in [2.45, 2.75) is 13.0 Å². The van der Waals surface area contributed by atoms with E-state index in [0.717, 1.165) is 10.0 Å². The van der Waals surface area contributed by atoms with Gasteiger partial charge in [-0.25, -0.2) is 9.18 Å². The van der Waals surface area contributed by atoms with Crippen molar-refractivity contribution in [2.24, 2.45) is 0 Å². The number of benzene rings is 2. The molecule has 1 atom stereocenters. The molecule has 0 heterocycles. The number of carbonyl (C=O) groups is 2. The summed E-state index contributed by atoms with van der Waals surface area (Å²) < 4.78 is 18.7. The van der Waals surface area contributed by atoms with Crippen LogP contribution < -0.4 is 5.32 Å². The van der Waals surface area contributed by atoms with Gasteiger partial charge < -0.3 is 10.1 Å². The van der Waals surface area contributed by atoms with Gasteiger partial charge in [0, 0.05) is 16.2 Å². The SMILES string of the molecule is C[C@H](OC(=O)/C=C/c1cccc(Br)c1)C(=O)Nc1ccc(F)cc1. The normalized spacial score (nSPS) is 12.0. The van der Waals surface area contributed by atoms with Crippen molar-refractivity contribution < 1.29 is 18.7 Å². The highest BCUT2D eigenvalue weighted by Crippen LogP contribution is 2.13. The van der Waals surface area contributed by atoms with Crippen LogP contribution in [0, 0.1) is 5.82 Å². The molecule has 0 radical (unpaired) electrons. The number of amides is 1. The first-order chi connectivity index (χ1) is 11.4. The van der Waals surface area contributed by atoms with Crippen molar-refractivity contribution in [2.75, 3.05) is 5.32 Å². The summed E-state index contributed by atoms with van der Waals surface area (Å²) in [5, 5.41) is 2.54. The molecule has 1 N–H and O–H groups in total. The molecule has 0 bridgehead atoms. The highest BCUT2D eigenvalue weighted by Gasteiger charge is 2.16. The van der Waals surface area contributed by atoms with E-state index in [2.05, 4.69) is 21.2 Å². The van der Waals surface area contributed by atoms with Gasteiger partial charge in [-0.2, -0.15) is 0 Å². The second-order valence-corrected chi connectivity index (χ2v) is 5.88. The Hall–Kier alpha value is -2.47. The van der Waals surface area contributed by atoms with Crippen LogP contribution in [0.25, 0.3) is 6.08 Å². The maximum atomic E-state index is 12.8. The van der Waals surface area contributed by atoms with Gasteiger partial charge in [-0.1, -0.05) is 28.1 Å². The fourth-order valence-electron chi connectivity index (χ4n) is 1.82. The summed E-state index contributed by atoms with van der Waals surface area (Å²) in [7, 11) is 0. The fourth-order valence-corrected chi connectivity index (χ4v) is 2.24. The summed E-state index contributed by atoms with van der Waals surface area (Å²) in [6, 6.07) is 12.7. The Bertz CT molecular complexity index is 759. The number of hydrogen-bond acceptors (Lipinski definition) is 3. The standard InChI is InChI=1S/C18H15BrFNO3/c1-12(18(23)21-16-8-6-15(20)7-9-16)24-17(22)10-5-13-3-2-4-14(19)11-13/h2-12H,1H3,(H,21,23)/b10-5+/t12-/m0/s1. The Morgan fingerprint density at radius 2 is 1.92 bits per heavy atom. The zero-order valence-corrected chi connectivity index (χ0v) is 14.4. The highest BCUT2D eigenvalue weighted by atomic mass is 79.9. The third-order valence-corrected chi connectivity index (χ3v) is 3.53. The van der Waals surface area contributed by atoms with Crippen LogP contribution in [0.1, 0.15) is 12.5 Å². The zero-order valence-electron chi connectivity index (χ0n) is 12.8. The van der Waals surface area contributed by atoms with Gasteiger partial charge in [0.2, 0.25) is 0 Å². The molecule has 0 saturated heterocycles. The minimum Gasteiger partial charge on any atom is -0.449 e. The molecule has 0 unspecified atom stereocenters. The van der Waals surface area contributed by atoms with Gasteiger partial charge in [-0.3, -0.25) is 4.79 Å². The average molecular weight is 392 g/mol. The summed E-state index contributed by atoms with van der Waals surface area (Å²) in [5.41, 5.74) is 1.25. The molecule has 0 aliphatic heterocycles. The Balaban J connectivity index is 1.88. The summed E-state index contributed by atoms with van der Waals surface area (Å²) >= 11 is 3.34. The lowest BCUT2D eigenvalue weighted by atomic mass is 10.2. The van der Waals surface area contributed by atoms with Crippen LogP contribution in [0.4, 0.5) is 10.1 Å². The maximum Gasteiger partial charge on any atom is 0.331 e. The molecule has 2 aromatic carbocycles. The molecule has 0 saturated carbocycles. The minimum absolute atomic E-state index is 0.398. The first-order valence-corrected chi connectivity index (χ1v) is 7.94. The Morgan fingerprint density at radius 1 is 1.21 bits per heavy atom. The monoisotopic (exact) mass is 391 g/mol. The Labute approximate surface area is 147 Å². The van der Waals surface area contributed by atoms with Crippen molar-refractivity contribution in [3.63, 3.8) is 0 Å². The van der Waals surface area contributed by atoms with E-state index in [9.17, 15) is 14.0 Å². The number of rotatable bonds is 5. The van der Waals surface area contributed by atoms with Crippen molar-refractivity contribution >= 4 is 39.6 Å². The molecular weight excluding hydrogens is 377 g/mol. The summed E-state index contributed by atoms with van der Waals surface area (Å²) in [4.78, 5) is 23.7. The number of nitrogens with one attached hydrogen (secondary N) is 1. The Kier molecular flexibility index (Phi) is 6.26. The van der Waals surface area contributed by atoms with E-state index < -0.39 is 23.8 Å². The van der Waals surface area contributed by atoms with Crippen molar-refractivity contribution in [1.29, 1.82) is 0 Å². The number of hydrogen-bond donors (Lipinski definition) is 1. The predicted octanol–water partition coefficient (Wildman–Crippen LogP) is 4.17. The van der Waals surface area contributed by atoms with Gasteiger partial charge in [0.05, 0.1) is 0 Å². The molecule has 124 valence electrons. The van der Waals surface area contributed by atoms with Crippen molar-refractivity contribution in [1.82, 2.24) is 0 Å². The molecule has 0 aliphatic rings. The summed E-state index contributed by atoms with van der Waals surface area (Å²) in [6.45, 7) is 1.46. The molecule has 2 aromatic rings. The highest BCUT2D eigenvalue weighted by molar-refractivity contribution is 9.10. The van der Waals surface area contributed by atoms with Crippen LogP contribution >= 0.6 is 15.9 Å². The molecule has 0 fully saturated rings. The molecule has 1 amide bonds. The molecule has 6 heteroatoms. The number of ether oxygens (including phenoxy) is 1. The fraction of sp³-hybridized carbons (Fsp3) is 0.111. The van der Waals surface area contributed by atoms with Gasteiger partial charge >= 0.3 is 5.97 Å². The number of anilines is 1. The number of carbonyl (C=O) groups excluding carboxylic acids is 2. The quantitative estimate of drug-likeness (QED) is 0.614. The zero-order chi connectivity index (χ0) is 17.5. The van der Waals surface area contributed by atoms with Crippen LogP contribution in [0.15, 0.2) is 59.1 Å². The van der Waals surface area contributed by atoms with E-state index in [-0.39, 0.29) is 0 Å². The van der Waals surface area contributed by atoms with Crippen molar-refractivity contribution in [3.05, 3.63) is 70.5 Å². The van der Waals surface area contributed by atoms with E-state index in [0.29, 0.717) is 5.69 Å². The molecule has 0 spiro atoms. The van der Waals surface area contributed by atoms with E-state index >= 15 is 0 Å². The second-order valence-electron chi connectivity index (χ2n) is 4.96. The minimum atomic E-state index is -0.977. The lowest BCUT2D eigenvalue weighted by Crippen LogP contribution is -2.29. The van der Waals surface area contributed by atoms with Crippen LogP contribution in [0.3, 0.4) is 0 Å². The molecular formula is C18H15BrFNO3. The van der Waals surface area contributed by atoms with Crippen LogP contribution in [-0.4, -0.2) is 18.0 Å². The lowest BCUT2D eigenvalue weighted by molar-refractivity contribution is -0.148. The van der Waals surface area contributed by atoms with E-state index in [1.165, 1.54) is 37.3 Å². The first kappa shape index (κ1) is 17.9. The maximum absolute atomic E-state index is 12.8. The van der Waals surface area contributed by atoms with Gasteiger partial charge in [-0.15, -0.1) is 0 Å². The third kappa shape index (κ3) is 5.62. The third-order valence-electron chi connectivity index (χ3n) is 3.03. The topological polar surface area (TPSA) is 55.4 Å². The van der Waals surface area contributed by atoms with Crippen LogP contribution in [0.2, 0.25) is 0 Å². The van der Waals surface area contributed by atoms with E-state index in [1.807, 2.05) is 24.3 Å². The second kappa shape index (κ2) is 8.40. The first-order valence-electron chi connectivity index (χ1n) is 7.15. The summed E-state index contributed by atoms with van der Waals surface area (Å²) in [5.74, 6) is -1.52. The Morgan fingerprint density at radius 3 is 2.58 bits per heavy atom. The van der Waals surface area contributed by atoms with E-state index in [4.69, 9.17) is 4.74 Å². The van der Waals surface area contributed by atoms with Gasteiger partial charge in [0.1, 0.15) is 5.82 Å². The lowest BCUT2D eigenvalue weighted by Gasteiger charge is -2.12.